The third-order valence-corrected chi connectivity index (χ3v) is 3.98. The predicted molar refractivity (Wildman–Crippen MR) is 75.2 cm³/mol. The number of rotatable bonds is 4. The van der Waals surface area contributed by atoms with Gasteiger partial charge in [-0.2, -0.15) is 0 Å². The number of nitrogens with one attached hydrogen (secondary N) is 1. The first kappa shape index (κ1) is 13.6. The molecule has 2 heterocycles. The summed E-state index contributed by atoms with van der Waals surface area (Å²) >= 11 is 5.98. The molecule has 1 atom stereocenters. The Labute approximate surface area is 114 Å². The second kappa shape index (κ2) is 6.34. The summed E-state index contributed by atoms with van der Waals surface area (Å²) < 4.78 is 0. The van der Waals surface area contributed by atoms with Crippen LogP contribution in [0, 0.1) is 6.92 Å². The van der Waals surface area contributed by atoms with Crippen LogP contribution in [-0.2, 0) is 0 Å². The van der Waals surface area contributed by atoms with Gasteiger partial charge in [-0.15, -0.1) is 0 Å². The summed E-state index contributed by atoms with van der Waals surface area (Å²) in [7, 11) is 0. The van der Waals surface area contributed by atoms with Gasteiger partial charge < -0.3 is 5.32 Å². The summed E-state index contributed by atoms with van der Waals surface area (Å²) in [4.78, 5) is 10.7. The van der Waals surface area contributed by atoms with Crippen molar-refractivity contribution in [2.45, 2.75) is 39.2 Å². The minimum Gasteiger partial charge on any atom is -0.368 e. The summed E-state index contributed by atoms with van der Waals surface area (Å²) in [5.41, 5.74) is 0.921. The zero-order chi connectivity index (χ0) is 13.0. The van der Waals surface area contributed by atoms with Gasteiger partial charge >= 0.3 is 0 Å². The van der Waals surface area contributed by atoms with Crippen LogP contribution in [0.15, 0.2) is 6.33 Å². The van der Waals surface area contributed by atoms with Gasteiger partial charge in [0.15, 0.2) is 0 Å². The molecule has 1 unspecified atom stereocenters. The number of anilines is 1. The fraction of sp³-hybridized carbons (Fsp3) is 0.692. The second-order valence-electron chi connectivity index (χ2n) is 4.96. The summed E-state index contributed by atoms with van der Waals surface area (Å²) in [6.07, 6.45) is 5.52. The van der Waals surface area contributed by atoms with Crippen LogP contribution >= 0.6 is 11.6 Å². The van der Waals surface area contributed by atoms with E-state index in [0.717, 1.165) is 17.9 Å². The molecule has 100 valence electrons. The smallest absolute Gasteiger partial charge is 0.137 e. The van der Waals surface area contributed by atoms with Crippen LogP contribution in [0.5, 0.6) is 0 Å². The largest absolute Gasteiger partial charge is 0.368 e. The van der Waals surface area contributed by atoms with Crippen molar-refractivity contribution < 1.29 is 0 Å². The summed E-state index contributed by atoms with van der Waals surface area (Å²) in [6.45, 7) is 7.53. The Balaban J connectivity index is 1.88. The molecule has 2 rings (SSSR count). The molecule has 0 aliphatic carbocycles. The van der Waals surface area contributed by atoms with Crippen LogP contribution in [0.2, 0.25) is 5.15 Å². The van der Waals surface area contributed by atoms with Crippen molar-refractivity contribution in [1.29, 1.82) is 0 Å². The topological polar surface area (TPSA) is 41.1 Å². The number of nitrogens with zero attached hydrogens (tertiary/aromatic N) is 3. The fourth-order valence-electron chi connectivity index (χ4n) is 2.34. The normalized spacial score (nSPS) is 18.6. The van der Waals surface area contributed by atoms with Crippen LogP contribution in [0.1, 0.15) is 31.7 Å². The second-order valence-corrected chi connectivity index (χ2v) is 5.32. The molecule has 1 aliphatic rings. The van der Waals surface area contributed by atoms with E-state index in [4.69, 9.17) is 11.6 Å². The van der Waals surface area contributed by atoms with Crippen molar-refractivity contribution in [1.82, 2.24) is 14.9 Å². The minimum atomic E-state index is 0.526. The lowest BCUT2D eigenvalue weighted by Crippen LogP contribution is -2.41. The van der Waals surface area contributed by atoms with Crippen LogP contribution in [-0.4, -0.2) is 40.5 Å². The number of hydrogen-bond donors (Lipinski definition) is 1. The highest BCUT2D eigenvalue weighted by Crippen LogP contribution is 2.18. The summed E-state index contributed by atoms with van der Waals surface area (Å²) in [5, 5.41) is 3.90. The molecular weight excluding hydrogens is 248 g/mol. The molecular formula is C13H21ClN4. The fourth-order valence-corrected chi connectivity index (χ4v) is 2.47. The van der Waals surface area contributed by atoms with E-state index in [9.17, 15) is 0 Å². The van der Waals surface area contributed by atoms with Gasteiger partial charge in [-0.05, 0) is 39.8 Å². The molecule has 1 aromatic heterocycles. The SMILES string of the molecule is Cc1c(Cl)ncnc1NCC(C)N1CCCCC1. The molecule has 0 bridgehead atoms. The first-order valence-corrected chi connectivity index (χ1v) is 7.01. The monoisotopic (exact) mass is 268 g/mol. The van der Waals surface area contributed by atoms with Crippen molar-refractivity contribution >= 4 is 17.4 Å². The van der Waals surface area contributed by atoms with E-state index >= 15 is 0 Å². The predicted octanol–water partition coefficient (Wildman–Crippen LogP) is 2.72. The van der Waals surface area contributed by atoms with E-state index in [1.807, 2.05) is 6.92 Å². The Kier molecular flexibility index (Phi) is 4.78. The van der Waals surface area contributed by atoms with Crippen molar-refractivity contribution in [3.05, 3.63) is 17.0 Å². The molecule has 1 saturated heterocycles. The highest BCUT2D eigenvalue weighted by Gasteiger charge is 2.16. The first-order chi connectivity index (χ1) is 8.68. The lowest BCUT2D eigenvalue weighted by Gasteiger charge is -2.32. The molecule has 18 heavy (non-hydrogen) atoms. The van der Waals surface area contributed by atoms with Crippen LogP contribution in [0.3, 0.4) is 0 Å². The van der Waals surface area contributed by atoms with Gasteiger partial charge in [-0.1, -0.05) is 18.0 Å². The Bertz CT molecular complexity index is 391. The number of hydrogen-bond acceptors (Lipinski definition) is 4. The number of halogens is 1. The van der Waals surface area contributed by atoms with E-state index in [0.29, 0.717) is 11.2 Å². The molecule has 0 amide bonds. The Morgan fingerprint density at radius 3 is 2.78 bits per heavy atom. The Morgan fingerprint density at radius 1 is 1.33 bits per heavy atom. The highest BCUT2D eigenvalue weighted by atomic mass is 35.5. The van der Waals surface area contributed by atoms with E-state index in [1.165, 1.54) is 38.7 Å². The Hall–Kier alpha value is -0.870. The van der Waals surface area contributed by atoms with E-state index in [2.05, 4.69) is 27.1 Å². The highest BCUT2D eigenvalue weighted by molar-refractivity contribution is 6.30. The average molecular weight is 269 g/mol. The van der Waals surface area contributed by atoms with E-state index < -0.39 is 0 Å². The maximum Gasteiger partial charge on any atom is 0.137 e. The third kappa shape index (κ3) is 3.33. The number of likely N-dealkylation sites (tertiary alicyclic amines) is 1. The van der Waals surface area contributed by atoms with Crippen molar-refractivity contribution in [2.75, 3.05) is 25.0 Å². The maximum absolute atomic E-state index is 5.98. The standard InChI is InChI=1S/C13H21ClN4/c1-10(18-6-4-3-5-7-18)8-15-13-11(2)12(14)16-9-17-13/h9-10H,3-8H2,1-2H3,(H,15,16,17). The molecule has 0 aromatic carbocycles. The molecule has 4 nitrogen and oxygen atoms in total. The number of aromatic nitrogens is 2. The van der Waals surface area contributed by atoms with Gasteiger partial charge in [0.2, 0.25) is 0 Å². The molecule has 5 heteroatoms. The number of piperidine rings is 1. The van der Waals surface area contributed by atoms with Crippen molar-refractivity contribution in [2.24, 2.45) is 0 Å². The van der Waals surface area contributed by atoms with E-state index in [1.54, 1.807) is 0 Å². The van der Waals surface area contributed by atoms with Crippen LogP contribution in [0.4, 0.5) is 5.82 Å². The van der Waals surface area contributed by atoms with Gasteiger partial charge in [-0.25, -0.2) is 9.97 Å². The molecule has 0 saturated carbocycles. The lowest BCUT2D eigenvalue weighted by atomic mass is 10.1. The average Bonchev–Trinajstić information content (AvgIpc) is 2.41. The quantitative estimate of drug-likeness (QED) is 0.853. The van der Waals surface area contributed by atoms with Gasteiger partial charge in [0.05, 0.1) is 0 Å². The molecule has 0 radical (unpaired) electrons. The third-order valence-electron chi connectivity index (χ3n) is 3.60. The van der Waals surface area contributed by atoms with Gasteiger partial charge in [0.25, 0.3) is 0 Å². The molecule has 1 aliphatic heterocycles. The molecule has 1 aromatic rings. The minimum absolute atomic E-state index is 0.526. The van der Waals surface area contributed by atoms with E-state index in [-0.39, 0.29) is 0 Å². The summed E-state index contributed by atoms with van der Waals surface area (Å²) in [5.74, 6) is 0.846. The molecule has 1 N–H and O–H groups in total. The zero-order valence-corrected chi connectivity index (χ0v) is 11.9. The van der Waals surface area contributed by atoms with Gasteiger partial charge in [0.1, 0.15) is 17.3 Å². The van der Waals surface area contributed by atoms with Gasteiger partial charge in [-0.3, -0.25) is 4.90 Å². The summed E-state index contributed by atoms with van der Waals surface area (Å²) in [6, 6.07) is 0.526. The lowest BCUT2D eigenvalue weighted by molar-refractivity contribution is 0.180. The van der Waals surface area contributed by atoms with Gasteiger partial charge in [0, 0.05) is 18.2 Å². The first-order valence-electron chi connectivity index (χ1n) is 6.63. The maximum atomic E-state index is 5.98. The van der Waals surface area contributed by atoms with Crippen LogP contribution < -0.4 is 5.32 Å². The van der Waals surface area contributed by atoms with Crippen molar-refractivity contribution in [3.8, 4) is 0 Å². The van der Waals surface area contributed by atoms with Crippen LogP contribution in [0.25, 0.3) is 0 Å². The Morgan fingerprint density at radius 2 is 2.06 bits per heavy atom. The van der Waals surface area contributed by atoms with Crippen molar-refractivity contribution in [3.63, 3.8) is 0 Å². The molecule has 0 spiro atoms. The molecule has 1 fully saturated rings. The zero-order valence-electron chi connectivity index (χ0n) is 11.1.